The standard InChI is InChI=1S/C19H17N3O3/c23-19(15-6-7-17-18(10-15)25-9-8-24-17)21-16-11-20-22(13-16)12-14-4-2-1-3-5-14/h1-7,10-11,13H,8-9,12H2,(H,21,23). The Morgan fingerprint density at radius 3 is 2.72 bits per heavy atom. The summed E-state index contributed by atoms with van der Waals surface area (Å²) in [7, 11) is 0. The van der Waals surface area contributed by atoms with Crippen molar-refractivity contribution < 1.29 is 14.3 Å². The van der Waals surface area contributed by atoms with Gasteiger partial charge in [-0.05, 0) is 23.8 Å². The number of amides is 1. The maximum atomic E-state index is 12.4. The zero-order valence-corrected chi connectivity index (χ0v) is 13.5. The van der Waals surface area contributed by atoms with Gasteiger partial charge in [0.15, 0.2) is 11.5 Å². The molecule has 0 saturated heterocycles. The van der Waals surface area contributed by atoms with Gasteiger partial charge in [0.1, 0.15) is 13.2 Å². The second-order valence-corrected chi connectivity index (χ2v) is 5.72. The summed E-state index contributed by atoms with van der Waals surface area (Å²) in [6, 6.07) is 15.2. The first kappa shape index (κ1) is 15.3. The maximum absolute atomic E-state index is 12.4. The SMILES string of the molecule is O=C(Nc1cnn(Cc2ccccc2)c1)c1ccc2c(c1)OCCO2. The van der Waals surface area contributed by atoms with E-state index in [0.717, 1.165) is 5.56 Å². The van der Waals surface area contributed by atoms with Gasteiger partial charge >= 0.3 is 0 Å². The normalized spacial score (nSPS) is 12.6. The first-order valence-electron chi connectivity index (χ1n) is 8.05. The highest BCUT2D eigenvalue weighted by Crippen LogP contribution is 2.30. The Kier molecular flexibility index (Phi) is 4.08. The van der Waals surface area contributed by atoms with Crippen molar-refractivity contribution in [1.82, 2.24) is 9.78 Å². The van der Waals surface area contributed by atoms with Crippen molar-refractivity contribution in [2.45, 2.75) is 6.54 Å². The highest BCUT2D eigenvalue weighted by atomic mass is 16.6. The van der Waals surface area contributed by atoms with Gasteiger partial charge in [0.25, 0.3) is 5.91 Å². The second kappa shape index (κ2) is 6.68. The van der Waals surface area contributed by atoms with E-state index in [2.05, 4.69) is 10.4 Å². The van der Waals surface area contributed by atoms with Crippen LogP contribution in [0.2, 0.25) is 0 Å². The van der Waals surface area contributed by atoms with Crippen LogP contribution in [0.3, 0.4) is 0 Å². The fraction of sp³-hybridized carbons (Fsp3) is 0.158. The Hall–Kier alpha value is -3.28. The van der Waals surface area contributed by atoms with Gasteiger partial charge in [0.05, 0.1) is 18.4 Å². The number of aromatic nitrogens is 2. The molecule has 126 valence electrons. The first-order chi connectivity index (χ1) is 12.3. The fourth-order valence-electron chi connectivity index (χ4n) is 2.67. The molecule has 0 fully saturated rings. The van der Waals surface area contributed by atoms with Crippen molar-refractivity contribution in [2.24, 2.45) is 0 Å². The summed E-state index contributed by atoms with van der Waals surface area (Å²) in [4.78, 5) is 12.4. The van der Waals surface area contributed by atoms with Crippen molar-refractivity contribution in [2.75, 3.05) is 18.5 Å². The van der Waals surface area contributed by atoms with Crippen LogP contribution in [0.25, 0.3) is 0 Å². The number of benzene rings is 2. The lowest BCUT2D eigenvalue weighted by Crippen LogP contribution is -2.17. The van der Waals surface area contributed by atoms with Crippen LogP contribution in [0.5, 0.6) is 11.5 Å². The van der Waals surface area contributed by atoms with E-state index in [9.17, 15) is 4.79 Å². The summed E-state index contributed by atoms with van der Waals surface area (Å²) in [5, 5.41) is 7.14. The Labute approximate surface area is 145 Å². The molecule has 6 heteroatoms. The van der Waals surface area contributed by atoms with Crippen LogP contribution in [-0.4, -0.2) is 28.9 Å². The highest BCUT2D eigenvalue weighted by Gasteiger charge is 2.15. The van der Waals surface area contributed by atoms with Crippen molar-refractivity contribution in [3.8, 4) is 11.5 Å². The van der Waals surface area contributed by atoms with Crippen LogP contribution < -0.4 is 14.8 Å². The number of anilines is 1. The summed E-state index contributed by atoms with van der Waals surface area (Å²) in [5.41, 5.74) is 2.31. The summed E-state index contributed by atoms with van der Waals surface area (Å²) >= 11 is 0. The number of hydrogen-bond donors (Lipinski definition) is 1. The number of carbonyl (C=O) groups is 1. The summed E-state index contributed by atoms with van der Waals surface area (Å²) < 4.78 is 12.8. The molecule has 0 radical (unpaired) electrons. The summed E-state index contributed by atoms with van der Waals surface area (Å²) in [6.07, 6.45) is 3.45. The molecule has 1 aromatic heterocycles. The third kappa shape index (κ3) is 3.47. The van der Waals surface area contributed by atoms with Crippen molar-refractivity contribution >= 4 is 11.6 Å². The van der Waals surface area contributed by atoms with Crippen LogP contribution in [0.15, 0.2) is 60.9 Å². The smallest absolute Gasteiger partial charge is 0.255 e. The zero-order valence-electron chi connectivity index (χ0n) is 13.5. The van der Waals surface area contributed by atoms with E-state index in [0.29, 0.717) is 42.5 Å². The predicted octanol–water partition coefficient (Wildman–Crippen LogP) is 2.95. The molecule has 0 bridgehead atoms. The molecule has 3 aromatic rings. The van der Waals surface area contributed by atoms with Gasteiger partial charge in [-0.2, -0.15) is 5.10 Å². The van der Waals surface area contributed by atoms with Gasteiger partial charge in [-0.25, -0.2) is 0 Å². The molecule has 6 nitrogen and oxygen atoms in total. The van der Waals surface area contributed by atoms with Crippen molar-refractivity contribution in [1.29, 1.82) is 0 Å². The van der Waals surface area contributed by atoms with E-state index in [1.165, 1.54) is 0 Å². The third-order valence-corrected chi connectivity index (χ3v) is 3.88. The topological polar surface area (TPSA) is 65.4 Å². The monoisotopic (exact) mass is 335 g/mol. The minimum Gasteiger partial charge on any atom is -0.486 e. The predicted molar refractivity (Wildman–Crippen MR) is 93.2 cm³/mol. The lowest BCUT2D eigenvalue weighted by Gasteiger charge is -2.18. The number of nitrogens with one attached hydrogen (secondary N) is 1. The second-order valence-electron chi connectivity index (χ2n) is 5.72. The molecular formula is C19H17N3O3. The highest BCUT2D eigenvalue weighted by molar-refractivity contribution is 6.04. The molecule has 0 unspecified atom stereocenters. The van der Waals surface area contributed by atoms with Crippen molar-refractivity contribution in [3.63, 3.8) is 0 Å². The van der Waals surface area contributed by atoms with Gasteiger partial charge in [-0.15, -0.1) is 0 Å². The van der Waals surface area contributed by atoms with Crippen LogP contribution in [-0.2, 0) is 6.54 Å². The molecule has 1 N–H and O–H groups in total. The van der Waals surface area contributed by atoms with Crippen molar-refractivity contribution in [3.05, 3.63) is 72.1 Å². The molecule has 2 aromatic carbocycles. The maximum Gasteiger partial charge on any atom is 0.255 e. The number of carbonyl (C=O) groups excluding carboxylic acids is 1. The Morgan fingerprint density at radius 1 is 1.08 bits per heavy atom. The van der Waals surface area contributed by atoms with Crippen LogP contribution in [0, 0.1) is 0 Å². The number of nitrogens with zero attached hydrogens (tertiary/aromatic N) is 2. The van der Waals surface area contributed by atoms with Crippen LogP contribution >= 0.6 is 0 Å². The van der Waals surface area contributed by atoms with Gasteiger partial charge in [0.2, 0.25) is 0 Å². The minimum absolute atomic E-state index is 0.212. The van der Waals surface area contributed by atoms with E-state index in [4.69, 9.17) is 9.47 Å². The summed E-state index contributed by atoms with van der Waals surface area (Å²) in [6.45, 7) is 1.67. The van der Waals surface area contributed by atoms with E-state index in [1.54, 1.807) is 29.1 Å². The molecule has 25 heavy (non-hydrogen) atoms. The first-order valence-corrected chi connectivity index (χ1v) is 8.05. The molecule has 1 amide bonds. The molecule has 0 aliphatic carbocycles. The van der Waals surface area contributed by atoms with Crippen LogP contribution in [0.1, 0.15) is 15.9 Å². The van der Waals surface area contributed by atoms with Crippen LogP contribution in [0.4, 0.5) is 5.69 Å². The molecule has 0 atom stereocenters. The lowest BCUT2D eigenvalue weighted by atomic mass is 10.2. The largest absolute Gasteiger partial charge is 0.486 e. The molecular weight excluding hydrogens is 318 g/mol. The fourth-order valence-corrected chi connectivity index (χ4v) is 2.67. The average Bonchev–Trinajstić information content (AvgIpc) is 3.09. The van der Waals surface area contributed by atoms with E-state index < -0.39 is 0 Å². The number of rotatable bonds is 4. The molecule has 4 rings (SSSR count). The van der Waals surface area contributed by atoms with Gasteiger partial charge in [-0.1, -0.05) is 30.3 Å². The van der Waals surface area contributed by atoms with Gasteiger partial charge < -0.3 is 14.8 Å². The number of ether oxygens (including phenoxy) is 2. The minimum atomic E-state index is -0.212. The van der Waals surface area contributed by atoms with E-state index in [-0.39, 0.29) is 5.91 Å². The average molecular weight is 335 g/mol. The number of fused-ring (bicyclic) bond motifs is 1. The molecule has 1 aliphatic heterocycles. The third-order valence-electron chi connectivity index (χ3n) is 3.88. The number of hydrogen-bond acceptors (Lipinski definition) is 4. The molecule has 0 spiro atoms. The molecule has 2 heterocycles. The Bertz CT molecular complexity index is 890. The van der Waals surface area contributed by atoms with E-state index >= 15 is 0 Å². The Balaban J connectivity index is 1.44. The molecule has 1 aliphatic rings. The Morgan fingerprint density at radius 2 is 1.88 bits per heavy atom. The summed E-state index contributed by atoms with van der Waals surface area (Å²) in [5.74, 6) is 1.05. The molecule has 0 saturated carbocycles. The lowest BCUT2D eigenvalue weighted by molar-refractivity contribution is 0.102. The zero-order chi connectivity index (χ0) is 17.1. The van der Waals surface area contributed by atoms with Gasteiger partial charge in [0, 0.05) is 11.8 Å². The van der Waals surface area contributed by atoms with Gasteiger partial charge in [-0.3, -0.25) is 9.48 Å². The van der Waals surface area contributed by atoms with E-state index in [1.807, 2.05) is 36.5 Å². The quantitative estimate of drug-likeness (QED) is 0.796.